The van der Waals surface area contributed by atoms with Crippen LogP contribution in [0, 0.1) is 0 Å². The Balaban J connectivity index is 0.00000338. The molecule has 2 rings (SSSR count). The van der Waals surface area contributed by atoms with Gasteiger partial charge in [-0.1, -0.05) is 6.92 Å². The van der Waals surface area contributed by atoms with Gasteiger partial charge in [0.25, 0.3) is 0 Å². The van der Waals surface area contributed by atoms with E-state index in [9.17, 15) is 4.79 Å². The van der Waals surface area contributed by atoms with Crippen LogP contribution in [0.25, 0.3) is 0 Å². The van der Waals surface area contributed by atoms with Crippen LogP contribution >= 0.6 is 24.0 Å². The molecule has 2 heterocycles. The number of carbonyl (C=O) groups excluding carboxylic acids is 1. The van der Waals surface area contributed by atoms with Crippen molar-refractivity contribution >= 4 is 35.8 Å². The van der Waals surface area contributed by atoms with Gasteiger partial charge in [-0.25, -0.2) is 0 Å². The first-order chi connectivity index (χ1) is 12.0. The molecule has 26 heavy (non-hydrogen) atoms. The molecule has 2 aliphatic rings. The van der Waals surface area contributed by atoms with Crippen molar-refractivity contribution in [1.29, 1.82) is 0 Å². The molecule has 0 aromatic heterocycles. The van der Waals surface area contributed by atoms with E-state index in [1.165, 1.54) is 19.4 Å². The van der Waals surface area contributed by atoms with Crippen LogP contribution in [0.3, 0.4) is 0 Å². The molecule has 2 atom stereocenters. The monoisotopic (exact) mass is 480 g/mol. The molecule has 2 saturated heterocycles. The molecule has 2 fully saturated rings. The normalized spacial score (nSPS) is 24.5. The predicted octanol–water partition coefficient (Wildman–Crippen LogP) is 0.936. The summed E-state index contributed by atoms with van der Waals surface area (Å²) in [5.41, 5.74) is 5.99. The topological polar surface area (TPSA) is 77.2 Å². The van der Waals surface area contributed by atoms with Crippen LogP contribution in [0.5, 0.6) is 0 Å². The maximum Gasteiger partial charge on any atom is 0.239 e. The second kappa shape index (κ2) is 12.0. The maximum atomic E-state index is 12.2. The van der Waals surface area contributed by atoms with Crippen molar-refractivity contribution in [3.63, 3.8) is 0 Å². The van der Waals surface area contributed by atoms with E-state index in [4.69, 9.17) is 5.73 Å². The number of likely N-dealkylation sites (tertiary alicyclic amines) is 2. The standard InChI is InChI=1S/C18H36N6O.HI/c1-4-23-11-5-8-15(23)14-21-18(19)20-10-7-13-24-12-6-9-16(24)17(25)22(2)3;/h15-16H,4-14H2,1-3H3,(H3,19,20,21);1H. The summed E-state index contributed by atoms with van der Waals surface area (Å²) in [6, 6.07) is 0.608. The number of rotatable bonds is 8. The number of guanidine groups is 1. The highest BCUT2D eigenvalue weighted by Crippen LogP contribution is 2.19. The lowest BCUT2D eigenvalue weighted by molar-refractivity contribution is -0.133. The predicted molar refractivity (Wildman–Crippen MR) is 118 cm³/mol. The third-order valence-corrected chi connectivity index (χ3v) is 5.40. The van der Waals surface area contributed by atoms with Gasteiger partial charge in [0.1, 0.15) is 0 Å². The van der Waals surface area contributed by atoms with Gasteiger partial charge in [-0.2, -0.15) is 0 Å². The number of nitrogens with one attached hydrogen (secondary N) is 1. The SMILES string of the molecule is CCN1CCCC1CN=C(N)NCCCN1CCCC1C(=O)N(C)C.I. The second-order valence-corrected chi connectivity index (χ2v) is 7.36. The Hall–Kier alpha value is -0.610. The van der Waals surface area contributed by atoms with Crippen molar-refractivity contribution in [2.75, 3.05) is 53.4 Å². The van der Waals surface area contributed by atoms with E-state index < -0.39 is 0 Å². The Bertz CT molecular complexity index is 459. The summed E-state index contributed by atoms with van der Waals surface area (Å²) in [7, 11) is 3.67. The van der Waals surface area contributed by atoms with Crippen LogP contribution in [0.15, 0.2) is 4.99 Å². The average molecular weight is 480 g/mol. The fraction of sp³-hybridized carbons (Fsp3) is 0.889. The molecule has 0 saturated carbocycles. The number of amides is 1. The molecule has 2 unspecified atom stereocenters. The van der Waals surface area contributed by atoms with E-state index in [1.54, 1.807) is 4.90 Å². The molecule has 0 aliphatic carbocycles. The van der Waals surface area contributed by atoms with Crippen molar-refractivity contribution in [2.45, 2.75) is 51.1 Å². The zero-order chi connectivity index (χ0) is 18.2. The molecule has 0 aromatic rings. The van der Waals surface area contributed by atoms with Crippen LogP contribution < -0.4 is 11.1 Å². The summed E-state index contributed by atoms with van der Waals surface area (Å²) in [6.07, 6.45) is 5.54. The summed E-state index contributed by atoms with van der Waals surface area (Å²) >= 11 is 0. The summed E-state index contributed by atoms with van der Waals surface area (Å²) < 4.78 is 0. The van der Waals surface area contributed by atoms with Crippen molar-refractivity contribution in [2.24, 2.45) is 10.7 Å². The fourth-order valence-corrected chi connectivity index (χ4v) is 3.95. The molecule has 7 nitrogen and oxygen atoms in total. The Morgan fingerprint density at radius 1 is 1.23 bits per heavy atom. The number of nitrogens with zero attached hydrogens (tertiary/aromatic N) is 4. The van der Waals surface area contributed by atoms with Gasteiger partial charge >= 0.3 is 0 Å². The zero-order valence-corrected chi connectivity index (χ0v) is 18.9. The number of carbonyl (C=O) groups is 1. The first-order valence-electron chi connectivity index (χ1n) is 9.76. The number of halogens is 1. The molecule has 3 N–H and O–H groups in total. The van der Waals surface area contributed by atoms with E-state index in [0.29, 0.717) is 12.0 Å². The molecule has 0 bridgehead atoms. The molecule has 8 heteroatoms. The maximum absolute atomic E-state index is 12.2. The average Bonchev–Trinajstić information content (AvgIpc) is 3.24. The van der Waals surface area contributed by atoms with Crippen molar-refractivity contribution in [3.8, 4) is 0 Å². The van der Waals surface area contributed by atoms with Gasteiger partial charge in [-0.15, -0.1) is 24.0 Å². The van der Waals surface area contributed by atoms with E-state index >= 15 is 0 Å². The first-order valence-corrected chi connectivity index (χ1v) is 9.76. The van der Waals surface area contributed by atoms with Crippen LogP contribution in [0.4, 0.5) is 0 Å². The lowest BCUT2D eigenvalue weighted by Crippen LogP contribution is -2.43. The highest BCUT2D eigenvalue weighted by molar-refractivity contribution is 14.0. The van der Waals surface area contributed by atoms with Gasteiger partial charge in [0.2, 0.25) is 5.91 Å². The highest BCUT2D eigenvalue weighted by atomic mass is 127. The van der Waals surface area contributed by atoms with Crippen LogP contribution in [-0.2, 0) is 4.79 Å². The van der Waals surface area contributed by atoms with Gasteiger partial charge in [0, 0.05) is 33.2 Å². The molecule has 1 amide bonds. The van der Waals surface area contributed by atoms with E-state index in [0.717, 1.165) is 52.0 Å². The second-order valence-electron chi connectivity index (χ2n) is 7.36. The minimum absolute atomic E-state index is 0. The Kier molecular flexibility index (Phi) is 10.8. The minimum Gasteiger partial charge on any atom is -0.370 e. The molecule has 0 aromatic carbocycles. The zero-order valence-electron chi connectivity index (χ0n) is 16.6. The van der Waals surface area contributed by atoms with E-state index in [-0.39, 0.29) is 35.9 Å². The summed E-state index contributed by atoms with van der Waals surface area (Å²) in [4.78, 5) is 23.2. The quantitative estimate of drug-likeness (QED) is 0.234. The van der Waals surface area contributed by atoms with Crippen LogP contribution in [0.2, 0.25) is 0 Å². The van der Waals surface area contributed by atoms with Crippen LogP contribution in [0.1, 0.15) is 39.0 Å². The first kappa shape index (κ1) is 23.4. The van der Waals surface area contributed by atoms with Crippen LogP contribution in [-0.4, -0.2) is 92.0 Å². The molecule has 2 aliphatic heterocycles. The lowest BCUT2D eigenvalue weighted by Gasteiger charge is -2.26. The summed E-state index contributed by atoms with van der Waals surface area (Å²) in [5, 5.41) is 3.22. The summed E-state index contributed by atoms with van der Waals surface area (Å²) in [5.74, 6) is 0.772. The third-order valence-electron chi connectivity index (χ3n) is 5.40. The molecule has 0 spiro atoms. The third kappa shape index (κ3) is 6.84. The molecular formula is C18H37IN6O. The number of hydrogen-bond acceptors (Lipinski definition) is 4. The van der Waals surface area contributed by atoms with Gasteiger partial charge in [-0.3, -0.25) is 19.6 Å². The number of nitrogens with two attached hydrogens (primary N) is 1. The largest absolute Gasteiger partial charge is 0.370 e. The number of aliphatic imine (C=N–C) groups is 1. The lowest BCUT2D eigenvalue weighted by atomic mass is 10.2. The van der Waals surface area contributed by atoms with Gasteiger partial charge in [-0.05, 0) is 51.7 Å². The number of hydrogen-bond donors (Lipinski definition) is 2. The Labute approximate surface area is 175 Å². The smallest absolute Gasteiger partial charge is 0.239 e. The summed E-state index contributed by atoms with van der Waals surface area (Å²) in [6.45, 7) is 8.02. The van der Waals surface area contributed by atoms with Gasteiger partial charge in [0.15, 0.2) is 5.96 Å². The Morgan fingerprint density at radius 2 is 1.92 bits per heavy atom. The van der Waals surface area contributed by atoms with E-state index in [1.807, 2.05) is 14.1 Å². The van der Waals surface area contributed by atoms with Crippen molar-refractivity contribution in [3.05, 3.63) is 0 Å². The van der Waals surface area contributed by atoms with E-state index in [2.05, 4.69) is 27.0 Å². The van der Waals surface area contributed by atoms with Crippen molar-refractivity contribution < 1.29 is 4.79 Å². The van der Waals surface area contributed by atoms with Crippen molar-refractivity contribution in [1.82, 2.24) is 20.0 Å². The molecule has 152 valence electrons. The van der Waals surface area contributed by atoms with Gasteiger partial charge < -0.3 is 16.0 Å². The number of likely N-dealkylation sites (N-methyl/N-ethyl adjacent to an activating group) is 2. The molecular weight excluding hydrogens is 443 g/mol. The molecule has 0 radical (unpaired) electrons. The Morgan fingerprint density at radius 3 is 2.62 bits per heavy atom. The highest BCUT2D eigenvalue weighted by Gasteiger charge is 2.31. The van der Waals surface area contributed by atoms with Gasteiger partial charge in [0.05, 0.1) is 12.6 Å². The minimum atomic E-state index is 0. The fourth-order valence-electron chi connectivity index (χ4n) is 3.95.